The van der Waals surface area contributed by atoms with E-state index in [1.165, 1.54) is 19.1 Å². The van der Waals surface area contributed by atoms with Crippen molar-refractivity contribution in [1.82, 2.24) is 0 Å². The van der Waals surface area contributed by atoms with Crippen molar-refractivity contribution in [3.8, 4) is 0 Å². The zero-order valence-electron chi connectivity index (χ0n) is 7.83. The lowest BCUT2D eigenvalue weighted by molar-refractivity contribution is -0.132. The highest BCUT2D eigenvalue weighted by Crippen LogP contribution is 2.08. The van der Waals surface area contributed by atoms with E-state index in [-0.39, 0.29) is 11.4 Å². The lowest BCUT2D eigenvalue weighted by Gasteiger charge is -1.98. The third-order valence-corrected chi connectivity index (χ3v) is 1.92. The van der Waals surface area contributed by atoms with Crippen molar-refractivity contribution in [1.29, 1.82) is 0 Å². The third-order valence-electron chi connectivity index (χ3n) is 1.92. The Morgan fingerprint density at radius 1 is 1.50 bits per heavy atom. The first kappa shape index (κ1) is 10.4. The van der Waals surface area contributed by atoms with Gasteiger partial charge in [0.05, 0.1) is 0 Å². The first-order valence-corrected chi connectivity index (χ1v) is 4.24. The van der Waals surface area contributed by atoms with Gasteiger partial charge in [0.1, 0.15) is 5.82 Å². The van der Waals surface area contributed by atoms with Gasteiger partial charge in [0.15, 0.2) is 0 Å². The summed E-state index contributed by atoms with van der Waals surface area (Å²) in [5.74, 6) is -1.27. The maximum Gasteiger partial charge on any atom is 0.330 e. The number of carboxylic acid groups (broad SMARTS) is 1. The molecular formula is C11H11FO2. The van der Waals surface area contributed by atoms with Gasteiger partial charge in [-0.25, -0.2) is 9.18 Å². The van der Waals surface area contributed by atoms with Gasteiger partial charge in [-0.1, -0.05) is 24.3 Å². The molecule has 0 unspecified atom stereocenters. The van der Waals surface area contributed by atoms with Crippen LogP contribution >= 0.6 is 0 Å². The Morgan fingerprint density at radius 2 is 2.14 bits per heavy atom. The third kappa shape index (κ3) is 2.69. The zero-order chi connectivity index (χ0) is 10.6. The van der Waals surface area contributed by atoms with Crippen molar-refractivity contribution in [2.45, 2.75) is 13.3 Å². The second-order valence-electron chi connectivity index (χ2n) is 2.99. The fourth-order valence-corrected chi connectivity index (χ4v) is 1.01. The minimum Gasteiger partial charge on any atom is -0.478 e. The number of benzene rings is 1. The zero-order valence-corrected chi connectivity index (χ0v) is 7.83. The van der Waals surface area contributed by atoms with Crippen molar-refractivity contribution in [3.63, 3.8) is 0 Å². The molecule has 2 nitrogen and oxygen atoms in total. The van der Waals surface area contributed by atoms with Crippen LogP contribution in [0.3, 0.4) is 0 Å². The molecule has 0 atom stereocenters. The molecule has 1 aromatic carbocycles. The van der Waals surface area contributed by atoms with Crippen LogP contribution in [0.25, 0.3) is 0 Å². The molecular weight excluding hydrogens is 183 g/mol. The van der Waals surface area contributed by atoms with E-state index in [4.69, 9.17) is 5.11 Å². The van der Waals surface area contributed by atoms with Gasteiger partial charge in [0.25, 0.3) is 0 Å². The SMILES string of the molecule is CC(=CCc1ccccc1F)C(=O)O. The molecule has 0 spiro atoms. The summed E-state index contributed by atoms with van der Waals surface area (Å²) in [4.78, 5) is 10.4. The quantitative estimate of drug-likeness (QED) is 0.750. The number of allylic oxidation sites excluding steroid dienone is 1. The lowest BCUT2D eigenvalue weighted by atomic mass is 10.1. The second-order valence-corrected chi connectivity index (χ2v) is 2.99. The van der Waals surface area contributed by atoms with Crippen LogP contribution in [0.15, 0.2) is 35.9 Å². The molecule has 0 saturated carbocycles. The van der Waals surface area contributed by atoms with E-state index in [0.717, 1.165) is 0 Å². The first-order valence-electron chi connectivity index (χ1n) is 4.24. The molecule has 0 aliphatic heterocycles. The number of carboxylic acids is 1. The molecule has 14 heavy (non-hydrogen) atoms. The average molecular weight is 194 g/mol. The van der Waals surface area contributed by atoms with E-state index in [0.29, 0.717) is 12.0 Å². The smallest absolute Gasteiger partial charge is 0.330 e. The number of rotatable bonds is 3. The van der Waals surface area contributed by atoms with Crippen LogP contribution in [-0.4, -0.2) is 11.1 Å². The van der Waals surface area contributed by atoms with Gasteiger partial charge >= 0.3 is 5.97 Å². The van der Waals surface area contributed by atoms with E-state index < -0.39 is 5.97 Å². The van der Waals surface area contributed by atoms with Crippen molar-refractivity contribution in [2.75, 3.05) is 0 Å². The van der Waals surface area contributed by atoms with Crippen molar-refractivity contribution < 1.29 is 14.3 Å². The molecule has 74 valence electrons. The molecule has 1 N–H and O–H groups in total. The molecule has 1 aromatic rings. The highest BCUT2D eigenvalue weighted by molar-refractivity contribution is 5.85. The molecule has 0 aliphatic rings. The Hall–Kier alpha value is -1.64. The highest BCUT2D eigenvalue weighted by atomic mass is 19.1. The minimum absolute atomic E-state index is 0.230. The van der Waals surface area contributed by atoms with Crippen LogP contribution in [0.5, 0.6) is 0 Å². The maximum absolute atomic E-state index is 13.1. The Morgan fingerprint density at radius 3 is 2.71 bits per heavy atom. The summed E-state index contributed by atoms with van der Waals surface area (Å²) in [5.41, 5.74) is 0.737. The van der Waals surface area contributed by atoms with Gasteiger partial charge < -0.3 is 5.11 Å². The van der Waals surface area contributed by atoms with Gasteiger partial charge in [-0.3, -0.25) is 0 Å². The molecule has 0 amide bonds. The summed E-state index contributed by atoms with van der Waals surface area (Å²) >= 11 is 0. The van der Waals surface area contributed by atoms with Crippen LogP contribution < -0.4 is 0 Å². The molecule has 0 aromatic heterocycles. The van der Waals surface area contributed by atoms with Crippen molar-refractivity contribution in [2.24, 2.45) is 0 Å². The standard InChI is InChI=1S/C11H11FO2/c1-8(11(13)14)6-7-9-4-2-3-5-10(9)12/h2-6H,7H2,1H3,(H,13,14). The fourth-order valence-electron chi connectivity index (χ4n) is 1.01. The molecule has 3 heteroatoms. The maximum atomic E-state index is 13.1. The molecule has 0 fully saturated rings. The lowest BCUT2D eigenvalue weighted by Crippen LogP contribution is -1.97. The summed E-state index contributed by atoms with van der Waals surface area (Å²) in [6.07, 6.45) is 1.81. The summed E-state index contributed by atoms with van der Waals surface area (Å²) in [7, 11) is 0. The van der Waals surface area contributed by atoms with Gasteiger partial charge in [0.2, 0.25) is 0 Å². The topological polar surface area (TPSA) is 37.3 Å². The van der Waals surface area contributed by atoms with E-state index in [1.54, 1.807) is 18.2 Å². The molecule has 0 saturated heterocycles. The van der Waals surface area contributed by atoms with E-state index >= 15 is 0 Å². The summed E-state index contributed by atoms with van der Waals surface area (Å²) in [6, 6.07) is 6.33. The van der Waals surface area contributed by atoms with E-state index in [9.17, 15) is 9.18 Å². The number of aliphatic carboxylic acids is 1. The first-order chi connectivity index (χ1) is 6.61. The predicted octanol–water partition coefficient (Wildman–Crippen LogP) is 2.40. The number of halogens is 1. The Bertz CT molecular complexity index is 369. The van der Waals surface area contributed by atoms with Crippen LogP contribution in [0, 0.1) is 5.82 Å². The van der Waals surface area contributed by atoms with E-state index in [2.05, 4.69) is 0 Å². The Balaban J connectivity index is 2.76. The average Bonchev–Trinajstić information content (AvgIpc) is 2.16. The second kappa shape index (κ2) is 4.56. The molecule has 0 radical (unpaired) electrons. The molecule has 0 bridgehead atoms. The van der Waals surface area contributed by atoms with Crippen LogP contribution in [0.4, 0.5) is 4.39 Å². The summed E-state index contributed by atoms with van der Waals surface area (Å²) < 4.78 is 13.1. The number of hydrogen-bond acceptors (Lipinski definition) is 1. The number of carbonyl (C=O) groups is 1. The van der Waals surface area contributed by atoms with E-state index in [1.807, 2.05) is 0 Å². The molecule has 0 aliphatic carbocycles. The van der Waals surface area contributed by atoms with Crippen molar-refractivity contribution >= 4 is 5.97 Å². The minimum atomic E-state index is -0.971. The van der Waals surface area contributed by atoms with Crippen LogP contribution in [-0.2, 0) is 11.2 Å². The number of hydrogen-bond donors (Lipinski definition) is 1. The highest BCUT2D eigenvalue weighted by Gasteiger charge is 2.01. The van der Waals surface area contributed by atoms with Gasteiger partial charge in [-0.15, -0.1) is 0 Å². The monoisotopic (exact) mass is 194 g/mol. The van der Waals surface area contributed by atoms with Gasteiger partial charge in [0, 0.05) is 5.57 Å². The molecule has 0 heterocycles. The fraction of sp³-hybridized carbons (Fsp3) is 0.182. The summed E-state index contributed by atoms with van der Waals surface area (Å²) in [5, 5.41) is 8.57. The summed E-state index contributed by atoms with van der Waals surface area (Å²) in [6.45, 7) is 1.49. The molecule has 1 rings (SSSR count). The van der Waals surface area contributed by atoms with Crippen molar-refractivity contribution in [3.05, 3.63) is 47.3 Å². The van der Waals surface area contributed by atoms with Gasteiger partial charge in [-0.2, -0.15) is 0 Å². The predicted molar refractivity (Wildman–Crippen MR) is 51.5 cm³/mol. The van der Waals surface area contributed by atoms with Crippen LogP contribution in [0.1, 0.15) is 12.5 Å². The van der Waals surface area contributed by atoms with Crippen LogP contribution in [0.2, 0.25) is 0 Å². The Kier molecular flexibility index (Phi) is 3.40. The van der Waals surface area contributed by atoms with Gasteiger partial charge in [-0.05, 0) is 25.0 Å². The Labute approximate surface area is 81.7 Å². The normalized spacial score (nSPS) is 11.4. The largest absolute Gasteiger partial charge is 0.478 e.